The number of aliphatic hydroxyl groups is 2. The average molecular weight is 1040 g/mol. The summed E-state index contributed by atoms with van der Waals surface area (Å²) >= 11 is 0. The largest absolute Gasteiger partial charge is 0.481 e. The van der Waals surface area contributed by atoms with Gasteiger partial charge in [0.2, 0.25) is 0 Å². The lowest BCUT2D eigenvalue weighted by Crippen LogP contribution is -2.82. The monoisotopic (exact) mass is 1040 g/mol. The van der Waals surface area contributed by atoms with Crippen molar-refractivity contribution in [1.29, 1.82) is 0 Å². The lowest BCUT2D eigenvalue weighted by Gasteiger charge is -2.67. The Hall–Kier alpha value is -6.71. The van der Waals surface area contributed by atoms with E-state index in [1.807, 2.05) is 0 Å². The first-order valence-corrected chi connectivity index (χ1v) is 24.4. The van der Waals surface area contributed by atoms with Gasteiger partial charge in [0.25, 0.3) is 0 Å². The second kappa shape index (κ2) is 22.0. The first-order valence-electron chi connectivity index (χ1n) is 24.4. The number of ether oxygens (including phenoxy) is 7. The molecule has 5 N–H and O–H groups in total. The van der Waals surface area contributed by atoms with E-state index in [1.165, 1.54) is 52.0 Å². The fraction of sp³-hybridized carbons (Fsp3) is 0.566. The highest BCUT2D eigenvalue weighted by atomic mass is 16.6. The number of nitrogens with one attached hydrogen (secondary N) is 1. The van der Waals surface area contributed by atoms with Gasteiger partial charge in [-0.15, -0.1) is 0 Å². The molecule has 1 aliphatic heterocycles. The summed E-state index contributed by atoms with van der Waals surface area (Å²) in [6, 6.07) is 14.0. The predicted octanol–water partition coefficient (Wildman–Crippen LogP) is 4.87. The minimum Gasteiger partial charge on any atom is -0.481 e. The van der Waals surface area contributed by atoms with Crippen LogP contribution in [0.5, 0.6) is 0 Å². The third-order valence-electron chi connectivity index (χ3n) is 14.6. The van der Waals surface area contributed by atoms with Gasteiger partial charge < -0.3 is 58.9 Å². The molecule has 4 aliphatic rings. The van der Waals surface area contributed by atoms with Crippen LogP contribution in [0.3, 0.4) is 0 Å². The Kier molecular flexibility index (Phi) is 16.8. The molecule has 2 saturated carbocycles. The first-order chi connectivity index (χ1) is 34.6. The Bertz CT molecular complexity index is 2540. The third-order valence-corrected chi connectivity index (χ3v) is 14.6. The van der Waals surface area contributed by atoms with Crippen LogP contribution in [0.2, 0.25) is 0 Å². The van der Waals surface area contributed by atoms with Crippen molar-refractivity contribution in [2.75, 3.05) is 6.61 Å². The van der Waals surface area contributed by atoms with E-state index in [4.69, 9.17) is 33.2 Å². The number of aliphatic hydroxyl groups excluding tert-OH is 1. The molecule has 3 aliphatic carbocycles. The standard InChI is InChI=1S/C53H65NO20/c1-28-32(69-47(65)41(62)40(30-17-11-9-12-18-30)54-48(66)74-49(3,4)5)26-53(67)45(72-46(64)31-19-13-10-14-20-31)43-51(8,44(63)42(39(28)50(53,6)7)71-38(61)24-16-22-36(58)59)33(70-37(60)23-15-21-35(56)57)25-34-52(43,27-68-34)73-29(2)55/h9-14,17-20,32-34,40-43,45,62,67H,15-16,21-27H2,1-8H3,(H,54,66)(H,56,57)(H,58,59)/t32-,33?,34+,40-,41+,42+,43-,45-,51+,52-,53+/m0/s1. The molecule has 2 aromatic carbocycles. The summed E-state index contributed by atoms with van der Waals surface area (Å²) in [5, 5.41) is 47.1. The van der Waals surface area contributed by atoms with Crippen LogP contribution in [0.1, 0.15) is 129 Å². The van der Waals surface area contributed by atoms with E-state index >= 15 is 4.79 Å². The van der Waals surface area contributed by atoms with Gasteiger partial charge in [0.15, 0.2) is 23.6 Å². The molecule has 6 rings (SSSR count). The van der Waals surface area contributed by atoms with Crippen LogP contribution in [-0.2, 0) is 66.7 Å². The van der Waals surface area contributed by atoms with Crippen LogP contribution < -0.4 is 5.32 Å². The van der Waals surface area contributed by atoms with Crippen molar-refractivity contribution < 1.29 is 96.7 Å². The molecule has 21 nitrogen and oxygen atoms in total. The van der Waals surface area contributed by atoms with Crippen molar-refractivity contribution in [2.45, 2.75) is 166 Å². The molecular weight excluding hydrogens is 971 g/mol. The van der Waals surface area contributed by atoms with Crippen molar-refractivity contribution in [3.05, 3.63) is 82.9 Å². The quantitative estimate of drug-likeness (QED) is 0.0755. The normalized spacial score (nSPS) is 28.6. The summed E-state index contributed by atoms with van der Waals surface area (Å²) < 4.78 is 42.5. The molecule has 74 heavy (non-hydrogen) atoms. The number of carboxylic acids is 2. The topological polar surface area (TPSA) is 311 Å². The molecule has 1 amide bonds. The number of aliphatic carboxylic acids is 2. The zero-order valence-electron chi connectivity index (χ0n) is 42.6. The van der Waals surface area contributed by atoms with Crippen molar-refractivity contribution in [1.82, 2.24) is 5.32 Å². The maximum atomic E-state index is 16.3. The fourth-order valence-corrected chi connectivity index (χ4v) is 11.0. The number of ketones is 1. The summed E-state index contributed by atoms with van der Waals surface area (Å²) in [5.74, 6) is -10.6. The second-order valence-electron chi connectivity index (χ2n) is 21.0. The Morgan fingerprint density at radius 3 is 1.91 bits per heavy atom. The molecule has 0 spiro atoms. The van der Waals surface area contributed by atoms with Crippen LogP contribution in [-0.4, -0.2) is 134 Å². The van der Waals surface area contributed by atoms with Gasteiger partial charge >= 0.3 is 47.9 Å². The highest BCUT2D eigenvalue weighted by Crippen LogP contribution is 2.65. The lowest BCUT2D eigenvalue weighted by atomic mass is 9.44. The smallest absolute Gasteiger partial charge is 0.408 e. The Balaban J connectivity index is 1.59. The van der Waals surface area contributed by atoms with E-state index in [0.29, 0.717) is 0 Å². The summed E-state index contributed by atoms with van der Waals surface area (Å²) in [6.07, 6.45) is -15.1. The van der Waals surface area contributed by atoms with Gasteiger partial charge in [-0.25, -0.2) is 14.4 Å². The number of carboxylic acid groups (broad SMARTS) is 2. The molecule has 2 bridgehead atoms. The van der Waals surface area contributed by atoms with Gasteiger partial charge in [-0.05, 0) is 76.3 Å². The molecule has 21 heteroatoms. The zero-order chi connectivity index (χ0) is 54.7. The van der Waals surface area contributed by atoms with Crippen LogP contribution >= 0.6 is 0 Å². The molecular formula is C53H65NO20. The zero-order valence-corrected chi connectivity index (χ0v) is 42.6. The van der Waals surface area contributed by atoms with Gasteiger partial charge in [0.05, 0.1) is 29.5 Å². The highest BCUT2D eigenvalue weighted by molar-refractivity contribution is 5.96. The highest BCUT2D eigenvalue weighted by Gasteiger charge is 2.79. The molecule has 3 fully saturated rings. The number of esters is 5. The maximum absolute atomic E-state index is 16.3. The minimum absolute atomic E-state index is 0.0148. The van der Waals surface area contributed by atoms with Crippen molar-refractivity contribution in [2.24, 2.45) is 16.7 Å². The number of Topliss-reactive ketones (excluding diaryl/α,β-unsaturated/α-hetero) is 1. The lowest BCUT2D eigenvalue weighted by molar-refractivity contribution is -0.346. The van der Waals surface area contributed by atoms with Gasteiger partial charge in [-0.2, -0.15) is 0 Å². The molecule has 1 heterocycles. The number of benzene rings is 2. The fourth-order valence-electron chi connectivity index (χ4n) is 11.0. The van der Waals surface area contributed by atoms with E-state index in [1.54, 1.807) is 57.2 Å². The van der Waals surface area contributed by atoms with E-state index in [-0.39, 0.29) is 41.5 Å². The molecule has 1 unspecified atom stereocenters. The first kappa shape index (κ1) is 56.6. The number of rotatable bonds is 18. The third kappa shape index (κ3) is 11.5. The van der Waals surface area contributed by atoms with E-state index in [2.05, 4.69) is 5.32 Å². The Labute approximate surface area is 427 Å². The summed E-state index contributed by atoms with van der Waals surface area (Å²) in [4.78, 5) is 123. The summed E-state index contributed by atoms with van der Waals surface area (Å²) in [6.45, 7) is 11.1. The van der Waals surface area contributed by atoms with Crippen LogP contribution in [0.25, 0.3) is 0 Å². The molecule has 2 aromatic rings. The van der Waals surface area contributed by atoms with Crippen LogP contribution in [0.4, 0.5) is 4.79 Å². The minimum atomic E-state index is -2.60. The number of carbonyl (C=O) groups excluding carboxylic acids is 7. The van der Waals surface area contributed by atoms with E-state index in [9.17, 15) is 58.8 Å². The maximum Gasteiger partial charge on any atom is 0.408 e. The molecule has 0 radical (unpaired) electrons. The number of hydrogen-bond donors (Lipinski definition) is 5. The molecule has 402 valence electrons. The van der Waals surface area contributed by atoms with Crippen molar-refractivity contribution in [3.8, 4) is 0 Å². The average Bonchev–Trinajstić information content (AvgIpc) is 3.30. The summed E-state index contributed by atoms with van der Waals surface area (Å²) in [5.41, 5.74) is -9.69. The number of hydrogen-bond acceptors (Lipinski definition) is 18. The van der Waals surface area contributed by atoms with Crippen LogP contribution in [0.15, 0.2) is 71.8 Å². The molecule has 11 atom stereocenters. The van der Waals surface area contributed by atoms with Crippen LogP contribution in [0, 0.1) is 16.7 Å². The Morgan fingerprint density at radius 1 is 0.811 bits per heavy atom. The molecule has 1 saturated heterocycles. The van der Waals surface area contributed by atoms with Gasteiger partial charge in [0, 0.05) is 50.9 Å². The van der Waals surface area contributed by atoms with Gasteiger partial charge in [0.1, 0.15) is 35.6 Å². The van der Waals surface area contributed by atoms with Crippen molar-refractivity contribution >= 4 is 53.7 Å². The van der Waals surface area contributed by atoms with E-state index in [0.717, 1.165) is 6.92 Å². The van der Waals surface area contributed by atoms with E-state index < -0.39 is 169 Å². The number of amides is 1. The van der Waals surface area contributed by atoms with Crippen molar-refractivity contribution in [3.63, 3.8) is 0 Å². The number of carbonyl (C=O) groups is 9. The SMILES string of the molecule is CC(=O)O[C@@]12CO[C@@H]1CC(OC(=O)CCCC(=O)O)[C@@]1(C)C(=O)[C@H](OC(=O)CCCC(=O)O)C3=C(C)[C@@H](OC(=O)[C@H](O)[C@@H](NC(=O)OC(C)(C)C)c4ccccc4)C[C@@](O)([C@@H](OC(=O)c4ccccc4)[C@H]21)C3(C)C. The number of alkyl carbamates (subject to hydrolysis) is 1. The number of fused-ring (bicyclic) bond motifs is 5. The summed E-state index contributed by atoms with van der Waals surface area (Å²) in [7, 11) is 0. The molecule has 0 aromatic heterocycles. The predicted molar refractivity (Wildman–Crippen MR) is 254 cm³/mol. The van der Waals surface area contributed by atoms with Gasteiger partial charge in [-0.1, -0.05) is 62.4 Å². The Morgan fingerprint density at radius 2 is 1.38 bits per heavy atom. The second-order valence-corrected chi connectivity index (χ2v) is 21.0. The van der Waals surface area contributed by atoms with Gasteiger partial charge in [-0.3, -0.25) is 28.8 Å².